The summed E-state index contributed by atoms with van der Waals surface area (Å²) in [5, 5.41) is 2.91. The summed E-state index contributed by atoms with van der Waals surface area (Å²) in [5.41, 5.74) is 2.23. The van der Waals surface area contributed by atoms with E-state index in [4.69, 9.17) is 9.47 Å². The van der Waals surface area contributed by atoms with Crippen LogP contribution in [0.2, 0.25) is 0 Å². The summed E-state index contributed by atoms with van der Waals surface area (Å²) in [5.74, 6) is 0.416. The third-order valence-electron chi connectivity index (χ3n) is 7.30. The number of benzene rings is 3. The quantitative estimate of drug-likeness (QED) is 0.417. The van der Waals surface area contributed by atoms with E-state index >= 15 is 0 Å². The molecule has 8 nitrogen and oxygen atoms in total. The number of carbonyl (C=O) groups excluding carboxylic acids is 1. The van der Waals surface area contributed by atoms with Crippen molar-refractivity contribution in [3.8, 4) is 11.5 Å². The second-order valence-electron chi connectivity index (χ2n) is 10.4. The van der Waals surface area contributed by atoms with Gasteiger partial charge in [0.05, 0.1) is 16.6 Å². The van der Waals surface area contributed by atoms with Gasteiger partial charge in [-0.25, -0.2) is 12.8 Å². The first-order valence-corrected chi connectivity index (χ1v) is 15.0. The molecule has 2 unspecified atom stereocenters. The first-order chi connectivity index (χ1) is 19.2. The number of nitrogens with one attached hydrogen (secondary N) is 1. The molecule has 2 atom stereocenters. The van der Waals surface area contributed by atoms with Crippen molar-refractivity contribution in [3.05, 3.63) is 78.1 Å². The summed E-state index contributed by atoms with van der Waals surface area (Å²) in [4.78, 5) is 15.5. The molecule has 0 aromatic heterocycles. The number of ether oxygens (including phenoxy) is 2. The van der Waals surface area contributed by atoms with E-state index in [2.05, 4.69) is 29.3 Å². The Balaban J connectivity index is 1.33. The Morgan fingerprint density at radius 2 is 1.75 bits per heavy atom. The molecule has 1 fully saturated rings. The van der Waals surface area contributed by atoms with Crippen molar-refractivity contribution in [1.29, 1.82) is 0 Å². The number of piperidine rings is 1. The standard InChI is InChI=1S/C30H34FN3O5S/c1-21-4-3-15-33(19-21)25-9-5-23(6-10-25)22(2)32-30(35)20-34(26-11-7-24(31)8-12-26)40(36,37)27-13-14-28-29(18-27)39-17-16-38-28/h5-14,18,21-22H,3-4,15-17,19-20H2,1-2H3,(H,32,35). The van der Waals surface area contributed by atoms with Crippen molar-refractivity contribution in [2.45, 2.75) is 37.6 Å². The van der Waals surface area contributed by atoms with Crippen LogP contribution in [0.15, 0.2) is 71.6 Å². The Morgan fingerprint density at radius 1 is 1.05 bits per heavy atom. The maximum atomic E-state index is 13.8. The summed E-state index contributed by atoms with van der Waals surface area (Å²) in [6, 6.07) is 17.1. The minimum atomic E-state index is -4.21. The zero-order valence-electron chi connectivity index (χ0n) is 22.7. The Kier molecular flexibility index (Phi) is 8.16. The summed E-state index contributed by atoms with van der Waals surface area (Å²) >= 11 is 0. The number of amides is 1. The minimum Gasteiger partial charge on any atom is -0.486 e. The van der Waals surface area contributed by atoms with E-state index in [0.717, 1.165) is 40.8 Å². The normalized spacial score (nSPS) is 17.7. The maximum Gasteiger partial charge on any atom is 0.264 e. The van der Waals surface area contributed by atoms with Crippen LogP contribution in [-0.2, 0) is 14.8 Å². The molecule has 2 aliphatic rings. The number of carbonyl (C=O) groups is 1. The van der Waals surface area contributed by atoms with E-state index in [1.807, 2.05) is 19.1 Å². The summed E-state index contributed by atoms with van der Waals surface area (Å²) < 4.78 is 53.2. The first kappa shape index (κ1) is 27.8. The molecule has 1 N–H and O–H groups in total. The second-order valence-corrected chi connectivity index (χ2v) is 12.2. The van der Waals surface area contributed by atoms with Gasteiger partial charge in [0, 0.05) is 24.8 Å². The average molecular weight is 568 g/mol. The van der Waals surface area contributed by atoms with Crippen molar-refractivity contribution < 1.29 is 27.1 Å². The predicted molar refractivity (Wildman–Crippen MR) is 152 cm³/mol. The minimum absolute atomic E-state index is 0.0652. The molecule has 1 amide bonds. The number of halogens is 1. The Bertz CT molecular complexity index is 1450. The Labute approximate surface area is 234 Å². The summed E-state index contributed by atoms with van der Waals surface area (Å²) in [7, 11) is -4.21. The van der Waals surface area contributed by atoms with Gasteiger partial charge >= 0.3 is 0 Å². The second kappa shape index (κ2) is 11.8. The lowest BCUT2D eigenvalue weighted by Gasteiger charge is -2.33. The van der Waals surface area contributed by atoms with E-state index in [9.17, 15) is 17.6 Å². The highest BCUT2D eigenvalue weighted by atomic mass is 32.2. The largest absolute Gasteiger partial charge is 0.486 e. The van der Waals surface area contributed by atoms with Crippen LogP contribution in [-0.4, -0.2) is 47.2 Å². The predicted octanol–water partition coefficient (Wildman–Crippen LogP) is 4.91. The van der Waals surface area contributed by atoms with Crippen molar-refractivity contribution in [2.75, 3.05) is 42.1 Å². The van der Waals surface area contributed by atoms with Gasteiger partial charge in [-0.3, -0.25) is 9.10 Å². The van der Waals surface area contributed by atoms with E-state index in [-0.39, 0.29) is 16.6 Å². The first-order valence-electron chi connectivity index (χ1n) is 13.5. The summed E-state index contributed by atoms with van der Waals surface area (Å²) in [6.07, 6.45) is 2.42. The van der Waals surface area contributed by atoms with E-state index in [1.54, 1.807) is 0 Å². The van der Waals surface area contributed by atoms with Crippen LogP contribution in [0.25, 0.3) is 0 Å². The van der Waals surface area contributed by atoms with Gasteiger partial charge in [-0.05, 0) is 79.8 Å². The van der Waals surface area contributed by atoms with Crippen LogP contribution in [0.4, 0.5) is 15.8 Å². The highest BCUT2D eigenvalue weighted by Gasteiger charge is 2.29. The van der Waals surface area contributed by atoms with Crippen molar-refractivity contribution in [3.63, 3.8) is 0 Å². The molecule has 3 aromatic carbocycles. The van der Waals surface area contributed by atoms with Crippen LogP contribution in [0.3, 0.4) is 0 Å². The van der Waals surface area contributed by atoms with Crippen molar-refractivity contribution in [2.24, 2.45) is 5.92 Å². The fourth-order valence-corrected chi connectivity index (χ4v) is 6.57. The van der Waals surface area contributed by atoms with E-state index < -0.39 is 28.3 Å². The van der Waals surface area contributed by atoms with E-state index in [0.29, 0.717) is 30.6 Å². The molecule has 1 saturated heterocycles. The molecule has 0 radical (unpaired) electrons. The number of rotatable bonds is 8. The Morgan fingerprint density at radius 3 is 2.45 bits per heavy atom. The number of nitrogens with zero attached hydrogens (tertiary/aromatic N) is 2. The van der Waals surface area contributed by atoms with Gasteiger partial charge < -0.3 is 19.7 Å². The SMILES string of the molecule is CC1CCCN(c2ccc(C(C)NC(=O)CN(c3ccc(F)cc3)S(=O)(=O)c3ccc4c(c3)OCCO4)cc2)C1. The Hall–Kier alpha value is -3.79. The van der Waals surface area contributed by atoms with Gasteiger partial charge in [0.15, 0.2) is 11.5 Å². The molecule has 0 bridgehead atoms. The third-order valence-corrected chi connectivity index (χ3v) is 9.07. The number of hydrogen-bond donors (Lipinski definition) is 1. The molecule has 0 aliphatic carbocycles. The third kappa shape index (κ3) is 6.17. The van der Waals surface area contributed by atoms with Gasteiger partial charge in [0.2, 0.25) is 5.91 Å². The molecular weight excluding hydrogens is 533 g/mol. The van der Waals surface area contributed by atoms with Gasteiger partial charge in [0.1, 0.15) is 25.6 Å². The van der Waals surface area contributed by atoms with Gasteiger partial charge in [0.25, 0.3) is 10.0 Å². The molecule has 40 heavy (non-hydrogen) atoms. The van der Waals surface area contributed by atoms with Crippen LogP contribution in [0.5, 0.6) is 11.5 Å². The highest BCUT2D eigenvalue weighted by molar-refractivity contribution is 7.92. The molecule has 0 saturated carbocycles. The molecular formula is C30H34FN3O5S. The lowest BCUT2D eigenvalue weighted by atomic mass is 9.99. The lowest BCUT2D eigenvalue weighted by Crippen LogP contribution is -2.41. The van der Waals surface area contributed by atoms with Gasteiger partial charge in [-0.2, -0.15) is 0 Å². The number of hydrogen-bond acceptors (Lipinski definition) is 6. The molecule has 5 rings (SSSR count). The van der Waals surface area contributed by atoms with Crippen LogP contribution in [0.1, 0.15) is 38.3 Å². The maximum absolute atomic E-state index is 13.8. The molecule has 212 valence electrons. The highest BCUT2D eigenvalue weighted by Crippen LogP contribution is 2.34. The molecule has 2 heterocycles. The topological polar surface area (TPSA) is 88.2 Å². The van der Waals surface area contributed by atoms with Crippen LogP contribution >= 0.6 is 0 Å². The van der Waals surface area contributed by atoms with Crippen LogP contribution in [0, 0.1) is 11.7 Å². The van der Waals surface area contributed by atoms with Crippen molar-refractivity contribution >= 4 is 27.3 Å². The molecule has 2 aliphatic heterocycles. The number of sulfonamides is 1. The molecule has 0 spiro atoms. The number of anilines is 2. The average Bonchev–Trinajstić information content (AvgIpc) is 2.96. The zero-order chi connectivity index (χ0) is 28.3. The monoisotopic (exact) mass is 567 g/mol. The van der Waals surface area contributed by atoms with Gasteiger partial charge in [-0.15, -0.1) is 0 Å². The van der Waals surface area contributed by atoms with Gasteiger partial charge in [-0.1, -0.05) is 19.1 Å². The van der Waals surface area contributed by atoms with Crippen LogP contribution < -0.4 is 24.0 Å². The van der Waals surface area contributed by atoms with Crippen molar-refractivity contribution in [1.82, 2.24) is 5.32 Å². The molecule has 3 aromatic rings. The molecule has 10 heteroatoms. The zero-order valence-corrected chi connectivity index (χ0v) is 23.5. The fourth-order valence-electron chi connectivity index (χ4n) is 5.13. The van der Waals surface area contributed by atoms with E-state index in [1.165, 1.54) is 43.2 Å². The summed E-state index contributed by atoms with van der Waals surface area (Å²) in [6.45, 7) is 6.37. The lowest BCUT2D eigenvalue weighted by molar-refractivity contribution is -0.120. The fraction of sp³-hybridized carbons (Fsp3) is 0.367. The smallest absolute Gasteiger partial charge is 0.264 e. The number of fused-ring (bicyclic) bond motifs is 1.